The highest BCUT2D eigenvalue weighted by Crippen LogP contribution is 2.49. The summed E-state index contributed by atoms with van der Waals surface area (Å²) in [6, 6.07) is 16.8. The molecule has 0 unspecified atom stereocenters. The zero-order valence-electron chi connectivity index (χ0n) is 15.2. The van der Waals surface area contributed by atoms with Crippen molar-refractivity contribution < 1.29 is 14.3 Å². The minimum absolute atomic E-state index is 0.141. The van der Waals surface area contributed by atoms with Crippen LogP contribution in [0.1, 0.15) is 26.7 Å². The SMILES string of the molecule is CCOc1ccccc1NC(=O)C1(C(=O)N(CC)c2ccccc2)CC1. The van der Waals surface area contributed by atoms with Gasteiger partial charge in [0.2, 0.25) is 11.8 Å². The van der Waals surface area contributed by atoms with Gasteiger partial charge in [-0.05, 0) is 51.0 Å². The fraction of sp³-hybridized carbons (Fsp3) is 0.333. The van der Waals surface area contributed by atoms with E-state index in [1.54, 1.807) is 11.0 Å². The number of anilines is 2. The largest absolute Gasteiger partial charge is 0.492 e. The number of ether oxygens (including phenoxy) is 1. The van der Waals surface area contributed by atoms with E-state index in [1.165, 1.54) is 0 Å². The van der Waals surface area contributed by atoms with Crippen LogP contribution in [0.2, 0.25) is 0 Å². The fourth-order valence-electron chi connectivity index (χ4n) is 3.07. The Morgan fingerprint density at radius 3 is 2.31 bits per heavy atom. The zero-order chi connectivity index (χ0) is 18.6. The molecule has 2 aromatic rings. The third-order valence-electron chi connectivity index (χ3n) is 4.66. The Hall–Kier alpha value is -2.82. The number of hydrogen-bond acceptors (Lipinski definition) is 3. The standard InChI is InChI=1S/C21H24N2O3/c1-3-23(16-10-6-5-7-11-16)20(25)21(14-15-21)19(24)22-17-12-8-9-13-18(17)26-4-2/h5-13H,3-4,14-15H2,1-2H3,(H,22,24). The molecule has 0 atom stereocenters. The predicted molar refractivity (Wildman–Crippen MR) is 102 cm³/mol. The van der Waals surface area contributed by atoms with Gasteiger partial charge in [0.05, 0.1) is 12.3 Å². The highest BCUT2D eigenvalue weighted by molar-refractivity contribution is 6.17. The Bertz CT molecular complexity index is 785. The Morgan fingerprint density at radius 1 is 1.04 bits per heavy atom. The summed E-state index contributed by atoms with van der Waals surface area (Å²) in [6.45, 7) is 4.84. The van der Waals surface area contributed by atoms with Gasteiger partial charge in [0.1, 0.15) is 11.2 Å². The summed E-state index contributed by atoms with van der Waals surface area (Å²) < 4.78 is 5.56. The first-order valence-corrected chi connectivity index (χ1v) is 9.02. The van der Waals surface area contributed by atoms with Crippen molar-refractivity contribution in [1.82, 2.24) is 0 Å². The van der Waals surface area contributed by atoms with Crippen LogP contribution >= 0.6 is 0 Å². The molecule has 5 heteroatoms. The van der Waals surface area contributed by atoms with Crippen LogP contribution in [0, 0.1) is 5.41 Å². The van der Waals surface area contributed by atoms with Crippen LogP contribution in [0.4, 0.5) is 11.4 Å². The zero-order valence-corrected chi connectivity index (χ0v) is 15.2. The molecule has 2 amide bonds. The lowest BCUT2D eigenvalue weighted by molar-refractivity contribution is -0.132. The van der Waals surface area contributed by atoms with Gasteiger partial charge in [0.25, 0.3) is 0 Å². The maximum Gasteiger partial charge on any atom is 0.242 e. The van der Waals surface area contributed by atoms with Gasteiger partial charge in [-0.1, -0.05) is 30.3 Å². The first-order valence-electron chi connectivity index (χ1n) is 9.02. The molecule has 2 aromatic carbocycles. The first kappa shape index (κ1) is 18.0. The molecular formula is C21H24N2O3. The van der Waals surface area contributed by atoms with Crippen LogP contribution in [-0.4, -0.2) is 25.0 Å². The van der Waals surface area contributed by atoms with Crippen LogP contribution in [0.15, 0.2) is 54.6 Å². The highest BCUT2D eigenvalue weighted by atomic mass is 16.5. The van der Waals surface area contributed by atoms with Crippen LogP contribution < -0.4 is 15.0 Å². The Kier molecular flexibility index (Phi) is 5.26. The molecule has 1 aliphatic carbocycles. The van der Waals surface area contributed by atoms with E-state index in [1.807, 2.05) is 62.4 Å². The number of nitrogens with one attached hydrogen (secondary N) is 1. The molecule has 1 fully saturated rings. The smallest absolute Gasteiger partial charge is 0.242 e. The van der Waals surface area contributed by atoms with Crippen molar-refractivity contribution in [2.24, 2.45) is 5.41 Å². The second-order valence-corrected chi connectivity index (χ2v) is 6.35. The Morgan fingerprint density at radius 2 is 1.69 bits per heavy atom. The number of para-hydroxylation sites is 3. The molecule has 0 aliphatic heterocycles. The topological polar surface area (TPSA) is 58.6 Å². The second kappa shape index (κ2) is 7.60. The molecule has 0 bridgehead atoms. The summed E-state index contributed by atoms with van der Waals surface area (Å²) in [6.07, 6.45) is 1.13. The molecule has 0 heterocycles. The minimum atomic E-state index is -0.981. The summed E-state index contributed by atoms with van der Waals surface area (Å²) in [5, 5.41) is 2.90. The lowest BCUT2D eigenvalue weighted by Gasteiger charge is -2.26. The molecule has 0 radical (unpaired) electrons. The van der Waals surface area contributed by atoms with E-state index in [-0.39, 0.29) is 11.8 Å². The number of carbonyl (C=O) groups excluding carboxylic acids is 2. The van der Waals surface area contributed by atoms with Gasteiger partial charge >= 0.3 is 0 Å². The van der Waals surface area contributed by atoms with E-state index >= 15 is 0 Å². The van der Waals surface area contributed by atoms with Crippen molar-refractivity contribution >= 4 is 23.2 Å². The maximum absolute atomic E-state index is 13.1. The number of rotatable bonds is 7. The monoisotopic (exact) mass is 352 g/mol. The van der Waals surface area contributed by atoms with Gasteiger partial charge in [-0.25, -0.2) is 0 Å². The van der Waals surface area contributed by atoms with Gasteiger partial charge in [-0.15, -0.1) is 0 Å². The number of nitrogens with zero attached hydrogens (tertiary/aromatic N) is 1. The Labute approximate surface area is 154 Å². The lowest BCUT2D eigenvalue weighted by Crippen LogP contribution is -2.43. The quantitative estimate of drug-likeness (QED) is 0.770. The molecule has 0 aromatic heterocycles. The summed E-state index contributed by atoms with van der Waals surface area (Å²) in [4.78, 5) is 27.7. The molecule has 1 aliphatic rings. The molecule has 0 saturated heterocycles. The minimum Gasteiger partial charge on any atom is -0.492 e. The van der Waals surface area contributed by atoms with E-state index < -0.39 is 5.41 Å². The maximum atomic E-state index is 13.1. The van der Waals surface area contributed by atoms with Crippen LogP contribution in [0.5, 0.6) is 5.75 Å². The molecule has 1 saturated carbocycles. The van der Waals surface area contributed by atoms with Crippen molar-refractivity contribution in [3.63, 3.8) is 0 Å². The average molecular weight is 352 g/mol. The lowest BCUT2D eigenvalue weighted by atomic mass is 10.0. The molecule has 0 spiro atoms. The van der Waals surface area contributed by atoms with Crippen LogP contribution in [0.25, 0.3) is 0 Å². The van der Waals surface area contributed by atoms with E-state index in [0.717, 1.165) is 5.69 Å². The third-order valence-corrected chi connectivity index (χ3v) is 4.66. The molecule has 26 heavy (non-hydrogen) atoms. The molecule has 5 nitrogen and oxygen atoms in total. The van der Waals surface area contributed by atoms with Gasteiger partial charge in [-0.3, -0.25) is 9.59 Å². The van der Waals surface area contributed by atoms with Crippen LogP contribution in [-0.2, 0) is 9.59 Å². The number of benzene rings is 2. The van der Waals surface area contributed by atoms with E-state index in [9.17, 15) is 9.59 Å². The average Bonchev–Trinajstić information content (AvgIpc) is 3.47. The van der Waals surface area contributed by atoms with Gasteiger partial charge in [0.15, 0.2) is 0 Å². The van der Waals surface area contributed by atoms with Gasteiger partial charge in [0, 0.05) is 12.2 Å². The summed E-state index contributed by atoms with van der Waals surface area (Å²) >= 11 is 0. The molecule has 3 rings (SSSR count). The molecule has 136 valence electrons. The summed E-state index contributed by atoms with van der Waals surface area (Å²) in [5.74, 6) is 0.212. The molecule has 1 N–H and O–H groups in total. The van der Waals surface area contributed by atoms with E-state index in [0.29, 0.717) is 37.4 Å². The molecular weight excluding hydrogens is 328 g/mol. The Balaban J connectivity index is 1.80. The summed E-state index contributed by atoms with van der Waals surface area (Å²) in [7, 11) is 0. The fourth-order valence-corrected chi connectivity index (χ4v) is 3.07. The van der Waals surface area contributed by atoms with Crippen LogP contribution in [0.3, 0.4) is 0 Å². The number of carbonyl (C=O) groups is 2. The number of hydrogen-bond donors (Lipinski definition) is 1. The highest BCUT2D eigenvalue weighted by Gasteiger charge is 2.58. The van der Waals surface area contributed by atoms with E-state index in [2.05, 4.69) is 5.32 Å². The van der Waals surface area contributed by atoms with Gasteiger partial charge in [-0.2, -0.15) is 0 Å². The normalized spacial score (nSPS) is 14.4. The van der Waals surface area contributed by atoms with Crippen molar-refractivity contribution in [3.8, 4) is 5.75 Å². The van der Waals surface area contributed by atoms with Crippen molar-refractivity contribution in [3.05, 3.63) is 54.6 Å². The van der Waals surface area contributed by atoms with Gasteiger partial charge < -0.3 is 15.0 Å². The predicted octanol–water partition coefficient (Wildman–Crippen LogP) is 3.86. The third kappa shape index (κ3) is 3.43. The van der Waals surface area contributed by atoms with Crippen molar-refractivity contribution in [1.29, 1.82) is 0 Å². The van der Waals surface area contributed by atoms with Crippen molar-refractivity contribution in [2.75, 3.05) is 23.4 Å². The number of amides is 2. The second-order valence-electron chi connectivity index (χ2n) is 6.35. The first-order chi connectivity index (χ1) is 12.6. The van der Waals surface area contributed by atoms with E-state index in [4.69, 9.17) is 4.74 Å². The summed E-state index contributed by atoms with van der Waals surface area (Å²) in [5.41, 5.74) is 0.431. The van der Waals surface area contributed by atoms with Crippen molar-refractivity contribution in [2.45, 2.75) is 26.7 Å².